The lowest BCUT2D eigenvalue weighted by molar-refractivity contribution is -0.138. The van der Waals surface area contributed by atoms with E-state index < -0.39 is 23.7 Å². The summed E-state index contributed by atoms with van der Waals surface area (Å²) in [6.07, 6.45) is -4.29. The van der Waals surface area contributed by atoms with E-state index in [2.05, 4.69) is 5.32 Å². The third-order valence-electron chi connectivity index (χ3n) is 3.27. The third kappa shape index (κ3) is 7.96. The molecule has 0 aliphatic heterocycles. The zero-order valence-electron chi connectivity index (χ0n) is 14.8. The summed E-state index contributed by atoms with van der Waals surface area (Å²) in [5.74, 6) is -0.0906. The highest BCUT2D eigenvalue weighted by atomic mass is 35.5. The van der Waals surface area contributed by atoms with E-state index in [-0.39, 0.29) is 42.3 Å². The number of hydrogen-bond acceptors (Lipinski definition) is 3. The summed E-state index contributed by atoms with van der Waals surface area (Å²) in [7, 11) is 0. The zero-order valence-corrected chi connectivity index (χ0v) is 15.6. The Balaban J connectivity index is 0.00000576. The fraction of sp³-hybridized carbons (Fsp3) is 0.588. The molecule has 1 aromatic carbocycles. The number of alkyl halides is 3. The van der Waals surface area contributed by atoms with Crippen LogP contribution in [-0.4, -0.2) is 18.1 Å². The van der Waals surface area contributed by atoms with Crippen LogP contribution in [0, 0.1) is 5.92 Å². The van der Waals surface area contributed by atoms with Gasteiger partial charge in [-0.25, -0.2) is 0 Å². The Morgan fingerprint density at radius 3 is 2.32 bits per heavy atom. The summed E-state index contributed by atoms with van der Waals surface area (Å²) in [6.45, 7) is 7.07. The highest BCUT2D eigenvalue weighted by molar-refractivity contribution is 5.85. The van der Waals surface area contributed by atoms with Crippen LogP contribution in [0.4, 0.5) is 13.2 Å². The maximum Gasteiger partial charge on any atom is 0.416 e. The average molecular weight is 383 g/mol. The van der Waals surface area contributed by atoms with Crippen molar-refractivity contribution in [3.8, 4) is 5.75 Å². The molecule has 8 heteroatoms. The van der Waals surface area contributed by atoms with Gasteiger partial charge in [-0.1, -0.05) is 19.9 Å². The molecule has 0 saturated carbocycles. The molecule has 144 valence electrons. The maximum absolute atomic E-state index is 13.2. The van der Waals surface area contributed by atoms with Gasteiger partial charge in [0.05, 0.1) is 17.7 Å². The molecule has 3 N–H and O–H groups in total. The normalized spacial score (nSPS) is 12.7. The highest BCUT2D eigenvalue weighted by Gasteiger charge is 2.34. The molecule has 0 heterocycles. The van der Waals surface area contributed by atoms with Crippen LogP contribution in [0.3, 0.4) is 0 Å². The minimum absolute atomic E-state index is 0. The maximum atomic E-state index is 13.2. The van der Waals surface area contributed by atoms with Crippen molar-refractivity contribution in [2.24, 2.45) is 11.7 Å². The van der Waals surface area contributed by atoms with Crippen molar-refractivity contribution in [1.82, 2.24) is 5.32 Å². The van der Waals surface area contributed by atoms with Crippen LogP contribution in [0.5, 0.6) is 5.75 Å². The van der Waals surface area contributed by atoms with E-state index in [1.54, 1.807) is 13.8 Å². The van der Waals surface area contributed by atoms with Gasteiger partial charge in [-0.15, -0.1) is 12.4 Å². The number of ether oxygens (including phenoxy) is 1. The molecular weight excluding hydrogens is 357 g/mol. The summed E-state index contributed by atoms with van der Waals surface area (Å²) in [4.78, 5) is 11.9. The Kier molecular flexibility index (Phi) is 9.29. The fourth-order valence-electron chi connectivity index (χ4n) is 2.25. The highest BCUT2D eigenvalue weighted by Crippen LogP contribution is 2.34. The molecule has 1 amide bonds. The van der Waals surface area contributed by atoms with Gasteiger partial charge in [0.25, 0.3) is 0 Å². The molecule has 0 saturated heterocycles. The van der Waals surface area contributed by atoms with E-state index in [1.165, 1.54) is 12.1 Å². The molecule has 0 aliphatic carbocycles. The van der Waals surface area contributed by atoms with E-state index in [1.807, 2.05) is 13.8 Å². The van der Waals surface area contributed by atoms with Crippen LogP contribution >= 0.6 is 12.4 Å². The van der Waals surface area contributed by atoms with E-state index >= 15 is 0 Å². The first-order valence-electron chi connectivity index (χ1n) is 7.90. The number of carbonyl (C=O) groups excluding carboxylic acids is 1. The van der Waals surface area contributed by atoms with Crippen molar-refractivity contribution in [1.29, 1.82) is 0 Å². The van der Waals surface area contributed by atoms with Gasteiger partial charge in [-0.2, -0.15) is 13.2 Å². The minimum atomic E-state index is -4.53. The quantitative estimate of drug-likeness (QED) is 0.751. The van der Waals surface area contributed by atoms with Gasteiger partial charge in [0.2, 0.25) is 5.91 Å². The molecule has 1 rings (SSSR count). The van der Waals surface area contributed by atoms with Gasteiger partial charge in [-0.3, -0.25) is 4.79 Å². The molecule has 0 fully saturated rings. The lowest BCUT2D eigenvalue weighted by atomic mass is 10.0. The second kappa shape index (κ2) is 9.87. The van der Waals surface area contributed by atoms with Gasteiger partial charge in [0.15, 0.2) is 0 Å². The Labute approximate surface area is 152 Å². The Bertz CT molecular complexity index is 563. The van der Waals surface area contributed by atoms with Crippen molar-refractivity contribution < 1.29 is 22.7 Å². The van der Waals surface area contributed by atoms with Crippen molar-refractivity contribution in [3.63, 3.8) is 0 Å². The van der Waals surface area contributed by atoms with Gasteiger partial charge < -0.3 is 15.8 Å². The van der Waals surface area contributed by atoms with E-state index in [9.17, 15) is 18.0 Å². The molecular formula is C17H26ClF3N2O2. The summed E-state index contributed by atoms with van der Waals surface area (Å²) < 4.78 is 45.0. The van der Waals surface area contributed by atoms with E-state index in [0.717, 1.165) is 6.07 Å². The smallest absolute Gasteiger partial charge is 0.416 e. The van der Waals surface area contributed by atoms with Crippen molar-refractivity contribution in [2.45, 2.75) is 59.0 Å². The Hall–Kier alpha value is -1.47. The predicted molar refractivity (Wildman–Crippen MR) is 93.7 cm³/mol. The number of carbonyl (C=O) groups is 1. The monoisotopic (exact) mass is 382 g/mol. The first kappa shape index (κ1) is 23.5. The number of halogens is 4. The molecule has 0 aliphatic rings. The van der Waals surface area contributed by atoms with Crippen molar-refractivity contribution in [2.75, 3.05) is 0 Å². The molecule has 0 unspecified atom stereocenters. The topological polar surface area (TPSA) is 64.4 Å². The molecule has 0 aromatic heterocycles. The summed E-state index contributed by atoms with van der Waals surface area (Å²) in [5, 5.41) is 2.47. The third-order valence-corrected chi connectivity index (χ3v) is 3.27. The second-order valence-corrected chi connectivity index (χ2v) is 6.44. The zero-order chi connectivity index (χ0) is 18.5. The van der Waals surface area contributed by atoms with Crippen molar-refractivity contribution in [3.05, 3.63) is 29.3 Å². The standard InChI is InChI=1S/C17H25F3N2O2.ClH/c1-10(2)7-15(21)16(23)22-9-12-5-6-13(24-11(3)4)8-14(12)17(18,19)20;/h5-6,8,10-11,15H,7,9,21H2,1-4H3,(H,22,23);1H/t15-;/m0./s1. The molecule has 0 spiro atoms. The number of rotatable bonds is 7. The van der Waals surface area contributed by atoms with Crippen LogP contribution < -0.4 is 15.8 Å². The molecule has 1 aromatic rings. The number of amides is 1. The van der Waals surface area contributed by atoms with Crippen LogP contribution in [-0.2, 0) is 17.5 Å². The molecule has 1 atom stereocenters. The van der Waals surface area contributed by atoms with Crippen LogP contribution in [0.25, 0.3) is 0 Å². The number of hydrogen-bond donors (Lipinski definition) is 2. The van der Waals surface area contributed by atoms with Gasteiger partial charge in [0.1, 0.15) is 5.75 Å². The first-order valence-corrected chi connectivity index (χ1v) is 7.90. The lowest BCUT2D eigenvalue weighted by Gasteiger charge is -2.18. The Morgan fingerprint density at radius 1 is 1.24 bits per heavy atom. The SMILES string of the molecule is CC(C)C[C@H](N)C(=O)NCc1ccc(OC(C)C)cc1C(F)(F)F.Cl. The summed E-state index contributed by atoms with van der Waals surface area (Å²) in [6, 6.07) is 3.00. The van der Waals surface area contributed by atoms with Crippen LogP contribution in [0.2, 0.25) is 0 Å². The molecule has 0 radical (unpaired) electrons. The first-order chi connectivity index (χ1) is 11.0. The predicted octanol–water partition coefficient (Wildman–Crippen LogP) is 3.90. The fourth-order valence-corrected chi connectivity index (χ4v) is 2.25. The number of nitrogens with one attached hydrogen (secondary N) is 1. The molecule has 25 heavy (non-hydrogen) atoms. The average Bonchev–Trinajstić information content (AvgIpc) is 2.43. The van der Waals surface area contributed by atoms with Gasteiger partial charge >= 0.3 is 6.18 Å². The van der Waals surface area contributed by atoms with Crippen molar-refractivity contribution >= 4 is 18.3 Å². The van der Waals surface area contributed by atoms with Crippen LogP contribution in [0.15, 0.2) is 18.2 Å². The number of benzene rings is 1. The molecule has 4 nitrogen and oxygen atoms in total. The Morgan fingerprint density at radius 2 is 1.84 bits per heavy atom. The summed E-state index contributed by atoms with van der Waals surface area (Å²) >= 11 is 0. The van der Waals surface area contributed by atoms with Gasteiger partial charge in [-0.05, 0) is 43.9 Å². The largest absolute Gasteiger partial charge is 0.491 e. The summed E-state index contributed by atoms with van der Waals surface area (Å²) in [5.41, 5.74) is 4.89. The lowest BCUT2D eigenvalue weighted by Crippen LogP contribution is -2.41. The van der Waals surface area contributed by atoms with Crippen LogP contribution in [0.1, 0.15) is 45.2 Å². The van der Waals surface area contributed by atoms with Gasteiger partial charge in [0, 0.05) is 6.54 Å². The second-order valence-electron chi connectivity index (χ2n) is 6.44. The number of nitrogens with two attached hydrogens (primary N) is 1. The minimum Gasteiger partial charge on any atom is -0.491 e. The van der Waals surface area contributed by atoms with E-state index in [0.29, 0.717) is 6.42 Å². The van der Waals surface area contributed by atoms with E-state index in [4.69, 9.17) is 10.5 Å². The molecule has 0 bridgehead atoms.